The van der Waals surface area contributed by atoms with E-state index in [-0.39, 0.29) is 77.9 Å². The Labute approximate surface area is 359 Å². The van der Waals surface area contributed by atoms with Crippen molar-refractivity contribution in [3.8, 4) is 17.2 Å². The molecule has 314 valence electrons. The number of aryl methyl sites for hydroxylation is 2. The van der Waals surface area contributed by atoms with E-state index in [0.29, 0.717) is 26.3 Å². The number of aromatic nitrogens is 2. The molecule has 0 atom stereocenters. The first-order valence-electron chi connectivity index (χ1n) is 17.6. The number of phenolic OH excluding ortho intramolecular Hbond substituents is 2. The molecule has 5 aromatic rings. The van der Waals surface area contributed by atoms with Crippen molar-refractivity contribution in [2.75, 3.05) is 52.6 Å². The normalized spacial score (nSPS) is 13.2. The summed E-state index contributed by atoms with van der Waals surface area (Å²) in [6.07, 6.45) is 0.304. The summed E-state index contributed by atoms with van der Waals surface area (Å²) in [5.41, 5.74) is 1.36. The number of sulfonamides is 2. The molecule has 0 unspecified atom stereocenters. The average Bonchev–Trinajstić information content (AvgIpc) is 3.61. The Bertz CT molecular complexity index is 2810. The summed E-state index contributed by atoms with van der Waals surface area (Å²) in [5, 5.41) is 34.9. The van der Waals surface area contributed by atoms with E-state index in [1.54, 1.807) is 25.7 Å². The lowest BCUT2D eigenvalue weighted by molar-refractivity contribution is 0.122. The van der Waals surface area contributed by atoms with Crippen LogP contribution in [-0.2, 0) is 29.5 Å². The van der Waals surface area contributed by atoms with Crippen LogP contribution < -0.4 is 19.7 Å². The molecule has 0 aliphatic carbocycles. The number of hydrogen-bond acceptors (Lipinski definition) is 13. The van der Waals surface area contributed by atoms with Gasteiger partial charge in [0.2, 0.25) is 0 Å². The Balaban J connectivity index is 1.33. The number of phenols is 2. The van der Waals surface area contributed by atoms with Gasteiger partial charge in [-0.3, -0.25) is 14.8 Å². The van der Waals surface area contributed by atoms with E-state index in [2.05, 4.69) is 34.9 Å². The monoisotopic (exact) mass is 917 g/mol. The number of anilines is 4. The zero-order valence-corrected chi connectivity index (χ0v) is 35.6. The predicted octanol–water partition coefficient (Wildman–Crippen LogP) is 8.83. The maximum Gasteiger partial charge on any atom is 0.411 e. The van der Waals surface area contributed by atoms with Gasteiger partial charge in [-0.2, -0.15) is 10.2 Å². The van der Waals surface area contributed by atoms with Crippen LogP contribution in [0.4, 0.5) is 44.7 Å². The fourth-order valence-electron chi connectivity index (χ4n) is 5.84. The van der Waals surface area contributed by atoms with Crippen LogP contribution in [0.5, 0.6) is 11.5 Å². The van der Waals surface area contributed by atoms with Crippen LogP contribution in [0, 0.1) is 20.4 Å². The number of benzene rings is 4. The second-order valence-electron chi connectivity index (χ2n) is 12.9. The Kier molecular flexibility index (Phi) is 13.0. The topological polar surface area (TPSA) is 230 Å². The number of carbonyl (C=O) groups is 1. The molecule has 1 saturated heterocycles. The zero-order valence-electron chi connectivity index (χ0n) is 31.7. The van der Waals surface area contributed by atoms with Gasteiger partial charge in [-0.25, -0.2) is 31.2 Å². The average molecular weight is 919 g/mol. The molecule has 1 aliphatic heterocycles. The van der Waals surface area contributed by atoms with Gasteiger partial charge >= 0.3 is 6.09 Å². The lowest BCUT2D eigenvalue weighted by Gasteiger charge is -2.30. The van der Waals surface area contributed by atoms with E-state index in [4.69, 9.17) is 50.8 Å². The SMILES string of the molecule is [C-]#[N+]c1cnn(-c2cc(Cl)c(S(=O)(=O)Nc3ccc(N4CCOCC4)c(S(=O)(=O)Nc4cc(C)c(C)cc4O)c3)cc2Cl)c1N=Nc1cc(Cl)c(O)c(NC(=O)OCC)c1. The van der Waals surface area contributed by atoms with E-state index in [9.17, 15) is 31.8 Å². The highest BCUT2D eigenvalue weighted by Crippen LogP contribution is 2.41. The zero-order chi connectivity index (χ0) is 43.5. The van der Waals surface area contributed by atoms with Gasteiger partial charge in [-0.15, -0.1) is 5.11 Å². The van der Waals surface area contributed by atoms with Gasteiger partial charge in [-0.05, 0) is 86.5 Å². The largest absolute Gasteiger partial charge is 0.506 e. The van der Waals surface area contributed by atoms with Crippen LogP contribution in [0.1, 0.15) is 18.1 Å². The molecule has 0 saturated carbocycles. The summed E-state index contributed by atoms with van der Waals surface area (Å²) in [7, 11) is -9.01. The van der Waals surface area contributed by atoms with Gasteiger partial charge in [0, 0.05) is 13.1 Å². The number of azo groups is 1. The van der Waals surface area contributed by atoms with Crippen LogP contribution in [0.25, 0.3) is 10.5 Å². The van der Waals surface area contributed by atoms with Crippen LogP contribution in [0.2, 0.25) is 15.1 Å². The molecule has 23 heteroatoms. The maximum absolute atomic E-state index is 14.0. The summed E-state index contributed by atoms with van der Waals surface area (Å²) in [4.78, 5) is 16.4. The number of rotatable bonds is 12. The van der Waals surface area contributed by atoms with Gasteiger partial charge in [0.1, 0.15) is 15.5 Å². The van der Waals surface area contributed by atoms with Crippen LogP contribution >= 0.6 is 34.8 Å². The molecule has 5 N–H and O–H groups in total. The van der Waals surface area contributed by atoms with E-state index >= 15 is 0 Å². The number of nitrogens with zero attached hydrogens (tertiary/aromatic N) is 6. The summed E-state index contributed by atoms with van der Waals surface area (Å²) < 4.78 is 71.9. The molecule has 1 fully saturated rings. The van der Waals surface area contributed by atoms with E-state index in [1.807, 2.05) is 0 Å². The summed E-state index contributed by atoms with van der Waals surface area (Å²) in [5.74, 6) is -0.904. The number of carbonyl (C=O) groups excluding carboxylic acids is 1. The fraction of sp³-hybridized carbons (Fsp3) is 0.216. The number of aromatic hydroxyl groups is 2. The Morgan fingerprint density at radius 1 is 0.883 bits per heavy atom. The number of ether oxygens (including phenoxy) is 2. The standard InChI is InChI=1S/C37H34Cl3N9O9S2/c1-5-58-37(52)43-28-15-23(14-26(40)35(28)51)44-45-36-29(41-4)19-42-49(36)31-17-25(39)33(18-24(31)38)59(53,54)46-22-6-7-30(48-8-10-57-11-9-48)34(16-22)60(55,56)47-27-12-20(2)21(3)13-32(27)50/h6-7,12-19,46-47,50-51H,5,8-11H2,1-3H3,(H,43,52). The molecule has 1 aliphatic rings. The van der Waals surface area contributed by atoms with Crippen molar-refractivity contribution in [1.29, 1.82) is 0 Å². The first kappa shape index (κ1) is 43.8. The lowest BCUT2D eigenvalue weighted by Crippen LogP contribution is -2.37. The van der Waals surface area contributed by atoms with E-state index < -0.39 is 36.8 Å². The third-order valence-electron chi connectivity index (χ3n) is 8.89. The highest BCUT2D eigenvalue weighted by Gasteiger charge is 2.28. The van der Waals surface area contributed by atoms with Crippen molar-refractivity contribution < 1.29 is 41.3 Å². The third-order valence-corrected chi connectivity index (χ3v) is 12.7. The number of morpholine rings is 1. The summed E-state index contributed by atoms with van der Waals surface area (Å²) >= 11 is 19.4. The minimum Gasteiger partial charge on any atom is -0.506 e. The van der Waals surface area contributed by atoms with Gasteiger partial charge in [0.15, 0.2) is 11.6 Å². The summed E-state index contributed by atoms with van der Waals surface area (Å²) in [6.45, 7) is 14.2. The lowest BCUT2D eigenvalue weighted by atomic mass is 10.1. The molecule has 18 nitrogen and oxygen atoms in total. The molecule has 0 bridgehead atoms. The van der Waals surface area contributed by atoms with Crippen molar-refractivity contribution >= 4 is 101 Å². The summed E-state index contributed by atoms with van der Waals surface area (Å²) in [6, 6.07) is 11.6. The molecule has 4 aromatic carbocycles. The number of amides is 1. The smallest absolute Gasteiger partial charge is 0.411 e. The third kappa shape index (κ3) is 9.46. The second-order valence-corrected chi connectivity index (χ2v) is 17.5. The number of nitrogens with one attached hydrogen (secondary N) is 3. The van der Waals surface area contributed by atoms with Crippen molar-refractivity contribution in [2.24, 2.45) is 10.2 Å². The van der Waals surface area contributed by atoms with Gasteiger partial charge in [0.25, 0.3) is 25.7 Å². The minimum atomic E-state index is -4.57. The molecule has 0 radical (unpaired) electrons. The first-order valence-corrected chi connectivity index (χ1v) is 21.7. The van der Waals surface area contributed by atoms with Crippen molar-refractivity contribution in [2.45, 2.75) is 30.6 Å². The molecular formula is C37H34Cl3N9O9S2. The van der Waals surface area contributed by atoms with Crippen LogP contribution in [0.3, 0.4) is 0 Å². The molecule has 0 spiro atoms. The highest BCUT2D eigenvalue weighted by atomic mass is 35.5. The van der Waals surface area contributed by atoms with E-state index in [0.717, 1.165) is 34.1 Å². The second kappa shape index (κ2) is 17.8. The van der Waals surface area contributed by atoms with Crippen LogP contribution in [0.15, 0.2) is 80.8 Å². The van der Waals surface area contributed by atoms with Gasteiger partial charge in [-0.1, -0.05) is 34.8 Å². The van der Waals surface area contributed by atoms with Crippen molar-refractivity contribution in [1.82, 2.24) is 9.78 Å². The molecular weight excluding hydrogens is 885 g/mol. The highest BCUT2D eigenvalue weighted by molar-refractivity contribution is 7.93. The molecule has 2 heterocycles. The molecule has 6 rings (SSSR count). The maximum atomic E-state index is 14.0. The minimum absolute atomic E-state index is 0.00165. The Morgan fingerprint density at radius 3 is 2.28 bits per heavy atom. The van der Waals surface area contributed by atoms with E-state index in [1.165, 1.54) is 42.5 Å². The quantitative estimate of drug-likeness (QED) is 0.0451. The first-order chi connectivity index (χ1) is 28.4. The number of hydrogen-bond donors (Lipinski definition) is 5. The van der Waals surface area contributed by atoms with Gasteiger partial charge < -0.3 is 24.6 Å². The van der Waals surface area contributed by atoms with Crippen molar-refractivity contribution in [3.05, 3.63) is 98.4 Å². The number of halogens is 3. The fourth-order valence-corrected chi connectivity index (χ4v) is 9.28. The predicted molar refractivity (Wildman–Crippen MR) is 226 cm³/mol. The Morgan fingerprint density at radius 2 is 1.58 bits per heavy atom. The van der Waals surface area contributed by atoms with Crippen molar-refractivity contribution in [3.63, 3.8) is 0 Å². The van der Waals surface area contributed by atoms with Gasteiger partial charge in [0.05, 0.1) is 81.8 Å². The Hall–Kier alpha value is -5.82. The molecule has 60 heavy (non-hydrogen) atoms. The molecule has 1 aromatic heterocycles. The van der Waals surface area contributed by atoms with Crippen LogP contribution in [-0.4, -0.2) is 75.8 Å². The molecule has 1 amide bonds.